The van der Waals surface area contributed by atoms with Crippen LogP contribution in [0, 0.1) is 0 Å². The van der Waals surface area contributed by atoms with E-state index in [1.807, 2.05) is 43.3 Å². The molecule has 2 rings (SSSR count). The predicted molar refractivity (Wildman–Crippen MR) is 72.4 cm³/mol. The molecule has 0 saturated carbocycles. The number of halogens is 1. The molecule has 1 atom stereocenters. The number of pyridine rings is 1. The van der Waals surface area contributed by atoms with Crippen LogP contribution in [-0.4, -0.2) is 4.98 Å². The van der Waals surface area contributed by atoms with Gasteiger partial charge in [-0.05, 0) is 36.8 Å². The summed E-state index contributed by atoms with van der Waals surface area (Å²) in [6.45, 7) is 1.94. The van der Waals surface area contributed by atoms with Gasteiger partial charge in [0.05, 0.1) is 5.02 Å². The minimum absolute atomic E-state index is 0.00130. The molecule has 17 heavy (non-hydrogen) atoms. The average molecular weight is 265 g/mol. The van der Waals surface area contributed by atoms with Gasteiger partial charge in [0.1, 0.15) is 5.03 Å². The Morgan fingerprint density at radius 1 is 1.29 bits per heavy atom. The van der Waals surface area contributed by atoms with Crippen molar-refractivity contribution in [2.24, 2.45) is 5.73 Å². The van der Waals surface area contributed by atoms with Crippen LogP contribution >= 0.6 is 23.4 Å². The van der Waals surface area contributed by atoms with E-state index in [2.05, 4.69) is 4.98 Å². The van der Waals surface area contributed by atoms with Gasteiger partial charge in [0.15, 0.2) is 0 Å². The summed E-state index contributed by atoms with van der Waals surface area (Å²) in [5, 5.41) is 1.65. The number of nitrogens with zero attached hydrogens (tertiary/aromatic N) is 1. The minimum atomic E-state index is 0.00130. The van der Waals surface area contributed by atoms with Gasteiger partial charge in [-0.3, -0.25) is 0 Å². The molecule has 0 amide bonds. The van der Waals surface area contributed by atoms with Crippen LogP contribution in [0.2, 0.25) is 5.02 Å². The number of nitrogens with two attached hydrogens (primary N) is 1. The molecule has 0 radical (unpaired) electrons. The second-order valence-electron chi connectivity index (χ2n) is 3.75. The van der Waals surface area contributed by atoms with Gasteiger partial charge >= 0.3 is 0 Å². The van der Waals surface area contributed by atoms with Crippen molar-refractivity contribution >= 4 is 23.4 Å². The zero-order valence-corrected chi connectivity index (χ0v) is 11.0. The van der Waals surface area contributed by atoms with E-state index in [4.69, 9.17) is 17.3 Å². The molecule has 0 spiro atoms. The SMILES string of the molecule is C[C@H](N)c1ccc(Sc2ccccn2)c(Cl)c1. The van der Waals surface area contributed by atoms with Crippen molar-refractivity contribution in [2.45, 2.75) is 22.9 Å². The number of hydrogen-bond acceptors (Lipinski definition) is 3. The van der Waals surface area contributed by atoms with Crippen molar-refractivity contribution in [2.75, 3.05) is 0 Å². The average Bonchev–Trinajstić information content (AvgIpc) is 2.33. The van der Waals surface area contributed by atoms with Crippen molar-refractivity contribution in [3.63, 3.8) is 0 Å². The molecule has 0 saturated heterocycles. The molecule has 1 aromatic carbocycles. The molecule has 0 bridgehead atoms. The predicted octanol–water partition coefficient (Wildman–Crippen LogP) is 3.91. The standard InChI is InChI=1S/C13H13ClN2S/c1-9(15)10-5-6-12(11(14)8-10)17-13-4-2-3-7-16-13/h2-9H,15H2,1H3/t9-/m0/s1. The third kappa shape index (κ3) is 3.22. The maximum atomic E-state index is 6.22. The summed E-state index contributed by atoms with van der Waals surface area (Å²) in [6, 6.07) is 11.7. The summed E-state index contributed by atoms with van der Waals surface area (Å²) < 4.78 is 0. The highest BCUT2D eigenvalue weighted by molar-refractivity contribution is 7.99. The molecule has 0 aliphatic rings. The Bertz CT molecular complexity index is 500. The van der Waals surface area contributed by atoms with Crippen molar-refractivity contribution < 1.29 is 0 Å². The van der Waals surface area contributed by atoms with E-state index in [0.717, 1.165) is 20.5 Å². The van der Waals surface area contributed by atoms with Gasteiger partial charge in [-0.15, -0.1) is 0 Å². The Morgan fingerprint density at radius 3 is 2.71 bits per heavy atom. The molecular weight excluding hydrogens is 252 g/mol. The van der Waals surface area contributed by atoms with Gasteiger partial charge in [-0.1, -0.05) is 35.5 Å². The van der Waals surface area contributed by atoms with Crippen LogP contribution in [0.3, 0.4) is 0 Å². The number of benzene rings is 1. The lowest BCUT2D eigenvalue weighted by Gasteiger charge is -2.08. The van der Waals surface area contributed by atoms with E-state index in [-0.39, 0.29) is 6.04 Å². The first-order valence-corrected chi connectivity index (χ1v) is 6.50. The molecule has 1 aromatic heterocycles. The first-order valence-electron chi connectivity index (χ1n) is 5.31. The quantitative estimate of drug-likeness (QED) is 0.914. The van der Waals surface area contributed by atoms with Gasteiger partial charge in [0.2, 0.25) is 0 Å². The maximum absolute atomic E-state index is 6.22. The lowest BCUT2D eigenvalue weighted by Crippen LogP contribution is -2.04. The lowest BCUT2D eigenvalue weighted by atomic mass is 10.1. The molecular formula is C13H13ClN2S. The third-order valence-corrected chi connectivity index (χ3v) is 3.79. The Kier molecular flexibility index (Phi) is 4.05. The summed E-state index contributed by atoms with van der Waals surface area (Å²) in [4.78, 5) is 5.25. The Hall–Kier alpha value is -1.03. The molecule has 0 aliphatic heterocycles. The second kappa shape index (κ2) is 5.54. The van der Waals surface area contributed by atoms with Gasteiger partial charge in [-0.25, -0.2) is 4.98 Å². The van der Waals surface area contributed by atoms with Crippen LogP contribution in [0.5, 0.6) is 0 Å². The highest BCUT2D eigenvalue weighted by atomic mass is 35.5. The largest absolute Gasteiger partial charge is 0.324 e. The van der Waals surface area contributed by atoms with E-state index in [1.165, 1.54) is 0 Å². The molecule has 88 valence electrons. The summed E-state index contributed by atoms with van der Waals surface area (Å²) in [6.07, 6.45) is 1.77. The maximum Gasteiger partial charge on any atom is 0.101 e. The smallest absolute Gasteiger partial charge is 0.101 e. The van der Waals surface area contributed by atoms with Crippen LogP contribution < -0.4 is 5.73 Å². The van der Waals surface area contributed by atoms with Crippen molar-refractivity contribution in [3.05, 3.63) is 53.2 Å². The van der Waals surface area contributed by atoms with Gasteiger partial charge in [0, 0.05) is 17.1 Å². The Labute approximate surface area is 110 Å². The van der Waals surface area contributed by atoms with Crippen LogP contribution in [0.25, 0.3) is 0 Å². The molecule has 2 nitrogen and oxygen atoms in total. The first-order chi connectivity index (χ1) is 8.16. The van der Waals surface area contributed by atoms with Gasteiger partial charge in [0.25, 0.3) is 0 Å². The van der Waals surface area contributed by atoms with Crippen LogP contribution in [0.15, 0.2) is 52.5 Å². The topological polar surface area (TPSA) is 38.9 Å². The molecule has 2 N–H and O–H groups in total. The summed E-state index contributed by atoms with van der Waals surface area (Å²) >= 11 is 7.77. The zero-order chi connectivity index (χ0) is 12.3. The van der Waals surface area contributed by atoms with E-state index < -0.39 is 0 Å². The normalized spacial score (nSPS) is 12.4. The molecule has 0 fully saturated rings. The zero-order valence-electron chi connectivity index (χ0n) is 9.43. The van der Waals surface area contributed by atoms with Gasteiger partial charge < -0.3 is 5.73 Å². The molecule has 0 unspecified atom stereocenters. The third-order valence-electron chi connectivity index (χ3n) is 2.33. The fourth-order valence-electron chi connectivity index (χ4n) is 1.40. The fourth-order valence-corrected chi connectivity index (χ4v) is 2.49. The molecule has 0 aliphatic carbocycles. The monoisotopic (exact) mass is 264 g/mol. The molecule has 2 aromatic rings. The summed E-state index contributed by atoms with van der Waals surface area (Å²) in [5.74, 6) is 0. The van der Waals surface area contributed by atoms with Crippen LogP contribution in [-0.2, 0) is 0 Å². The van der Waals surface area contributed by atoms with Crippen molar-refractivity contribution in [3.8, 4) is 0 Å². The van der Waals surface area contributed by atoms with E-state index in [0.29, 0.717) is 0 Å². The van der Waals surface area contributed by atoms with Crippen molar-refractivity contribution in [1.82, 2.24) is 4.98 Å². The summed E-state index contributed by atoms with van der Waals surface area (Å²) in [7, 11) is 0. The van der Waals surface area contributed by atoms with Crippen LogP contribution in [0.4, 0.5) is 0 Å². The molecule has 1 heterocycles. The Morgan fingerprint density at radius 2 is 2.12 bits per heavy atom. The van der Waals surface area contributed by atoms with Gasteiger partial charge in [-0.2, -0.15) is 0 Å². The minimum Gasteiger partial charge on any atom is -0.324 e. The van der Waals surface area contributed by atoms with Crippen molar-refractivity contribution in [1.29, 1.82) is 0 Å². The second-order valence-corrected chi connectivity index (χ2v) is 5.22. The highest BCUT2D eigenvalue weighted by Crippen LogP contribution is 2.33. The van der Waals surface area contributed by atoms with E-state index in [9.17, 15) is 0 Å². The lowest BCUT2D eigenvalue weighted by molar-refractivity contribution is 0.817. The molecule has 4 heteroatoms. The number of rotatable bonds is 3. The number of aromatic nitrogens is 1. The first kappa shape index (κ1) is 12.4. The van der Waals surface area contributed by atoms with Crippen LogP contribution in [0.1, 0.15) is 18.5 Å². The highest BCUT2D eigenvalue weighted by Gasteiger charge is 2.06. The fraction of sp³-hybridized carbons (Fsp3) is 0.154. The number of hydrogen-bond donors (Lipinski definition) is 1. The van der Waals surface area contributed by atoms with E-state index >= 15 is 0 Å². The Balaban J connectivity index is 2.23. The summed E-state index contributed by atoms with van der Waals surface area (Å²) in [5.41, 5.74) is 6.85. The van der Waals surface area contributed by atoms with E-state index in [1.54, 1.807) is 18.0 Å².